The molecule has 0 aliphatic carbocycles. The maximum Gasteiger partial charge on any atom is 0.303 e. The van der Waals surface area contributed by atoms with Crippen LogP contribution in [-0.4, -0.2) is 63.9 Å². The highest BCUT2D eigenvalue weighted by molar-refractivity contribution is 5.67. The van der Waals surface area contributed by atoms with Gasteiger partial charge in [-0.25, -0.2) is 0 Å². The molecular formula is C27H50NO6+. The summed E-state index contributed by atoms with van der Waals surface area (Å²) in [7, 11) is 0. The molecule has 0 aromatic heterocycles. The normalized spacial score (nSPS) is 11.8. The Balaban J connectivity index is 4.52. The number of hydrogen-bond donors (Lipinski definition) is 3. The van der Waals surface area contributed by atoms with E-state index in [1.54, 1.807) is 0 Å². The van der Waals surface area contributed by atoms with Crippen LogP contribution in [0.3, 0.4) is 0 Å². The van der Waals surface area contributed by atoms with E-state index in [2.05, 4.69) is 19.1 Å². The summed E-state index contributed by atoms with van der Waals surface area (Å²) in [5, 5.41) is 27.1. The molecule has 0 aliphatic rings. The predicted octanol–water partition coefficient (Wildman–Crippen LogP) is 6.26. The molecule has 0 bridgehead atoms. The number of aliphatic carboxylic acids is 3. The summed E-state index contributed by atoms with van der Waals surface area (Å²) in [6, 6.07) is 0. The van der Waals surface area contributed by atoms with Crippen LogP contribution in [0.4, 0.5) is 0 Å². The highest BCUT2D eigenvalue weighted by Gasteiger charge is 2.27. The lowest BCUT2D eigenvalue weighted by atomic mass is 10.1. The van der Waals surface area contributed by atoms with E-state index in [0.29, 0.717) is 43.4 Å². The van der Waals surface area contributed by atoms with Gasteiger partial charge in [0.05, 0.1) is 45.4 Å². The van der Waals surface area contributed by atoms with Gasteiger partial charge in [-0.15, -0.1) is 0 Å². The molecule has 0 spiro atoms. The van der Waals surface area contributed by atoms with Crippen LogP contribution in [-0.2, 0) is 14.4 Å². The molecule has 34 heavy (non-hydrogen) atoms. The summed E-state index contributed by atoms with van der Waals surface area (Å²) < 4.78 is 0.621. The summed E-state index contributed by atoms with van der Waals surface area (Å²) in [5.74, 6) is -2.50. The van der Waals surface area contributed by atoms with Crippen LogP contribution in [0.2, 0.25) is 0 Å². The monoisotopic (exact) mass is 484 g/mol. The van der Waals surface area contributed by atoms with Crippen molar-refractivity contribution in [3.05, 3.63) is 12.2 Å². The number of hydrogen-bond acceptors (Lipinski definition) is 3. The Bertz CT molecular complexity index is 525. The van der Waals surface area contributed by atoms with Crippen molar-refractivity contribution in [2.75, 3.05) is 26.2 Å². The van der Waals surface area contributed by atoms with Gasteiger partial charge in [0.1, 0.15) is 0 Å². The minimum atomic E-state index is -0.833. The van der Waals surface area contributed by atoms with Gasteiger partial charge in [0.25, 0.3) is 0 Å². The molecule has 0 fully saturated rings. The third kappa shape index (κ3) is 20.7. The fourth-order valence-corrected chi connectivity index (χ4v) is 4.53. The molecule has 0 radical (unpaired) electrons. The maximum absolute atomic E-state index is 11.0. The van der Waals surface area contributed by atoms with E-state index in [0.717, 1.165) is 32.2 Å². The second-order valence-corrected chi connectivity index (χ2v) is 9.61. The van der Waals surface area contributed by atoms with Crippen molar-refractivity contribution in [2.24, 2.45) is 0 Å². The van der Waals surface area contributed by atoms with Gasteiger partial charge < -0.3 is 19.8 Å². The number of allylic oxidation sites excluding steroid dienone is 2. The summed E-state index contributed by atoms with van der Waals surface area (Å²) in [6.07, 6.45) is 19.7. The van der Waals surface area contributed by atoms with E-state index in [1.165, 1.54) is 44.9 Å². The SMILES string of the molecule is CCCCCCCCC/C=C/CCCC[N+](CCCC(=O)O)(CCCC(=O)O)CCCC(=O)O. The van der Waals surface area contributed by atoms with Gasteiger partial charge in [-0.05, 0) is 32.1 Å². The number of quaternary nitrogens is 1. The van der Waals surface area contributed by atoms with Crippen molar-refractivity contribution >= 4 is 17.9 Å². The van der Waals surface area contributed by atoms with Crippen molar-refractivity contribution in [1.29, 1.82) is 0 Å². The molecule has 0 aromatic carbocycles. The maximum atomic E-state index is 11.0. The Morgan fingerprint density at radius 2 is 0.882 bits per heavy atom. The number of rotatable bonds is 25. The third-order valence-corrected chi connectivity index (χ3v) is 6.46. The van der Waals surface area contributed by atoms with E-state index < -0.39 is 17.9 Å². The molecule has 0 atom stereocenters. The summed E-state index contributed by atoms with van der Waals surface area (Å²) in [5.41, 5.74) is 0. The fourth-order valence-electron chi connectivity index (χ4n) is 4.53. The Labute approximate surface area is 206 Å². The first-order chi connectivity index (χ1) is 16.3. The molecular weight excluding hydrogens is 434 g/mol. The van der Waals surface area contributed by atoms with Crippen LogP contribution in [0, 0.1) is 0 Å². The van der Waals surface area contributed by atoms with Crippen molar-refractivity contribution in [1.82, 2.24) is 0 Å². The predicted molar refractivity (Wildman–Crippen MR) is 136 cm³/mol. The molecule has 3 N–H and O–H groups in total. The topological polar surface area (TPSA) is 112 Å². The Hall–Kier alpha value is -1.89. The molecule has 0 saturated heterocycles. The number of carboxylic acids is 3. The van der Waals surface area contributed by atoms with E-state index in [1.807, 2.05) is 0 Å². The van der Waals surface area contributed by atoms with Crippen LogP contribution >= 0.6 is 0 Å². The van der Waals surface area contributed by atoms with E-state index in [9.17, 15) is 14.4 Å². The average Bonchev–Trinajstić information content (AvgIpc) is 2.76. The zero-order valence-electron chi connectivity index (χ0n) is 21.5. The van der Waals surface area contributed by atoms with Gasteiger partial charge in [-0.1, -0.05) is 57.6 Å². The van der Waals surface area contributed by atoms with E-state index in [-0.39, 0.29) is 19.3 Å². The minimum Gasteiger partial charge on any atom is -0.481 e. The van der Waals surface area contributed by atoms with Crippen LogP contribution < -0.4 is 0 Å². The highest BCUT2D eigenvalue weighted by Crippen LogP contribution is 2.18. The first-order valence-corrected chi connectivity index (χ1v) is 13.5. The molecule has 7 nitrogen and oxygen atoms in total. The summed E-state index contributed by atoms with van der Waals surface area (Å²) in [4.78, 5) is 33.0. The molecule has 0 rings (SSSR count). The van der Waals surface area contributed by atoms with Crippen LogP contribution in [0.25, 0.3) is 0 Å². The molecule has 0 amide bonds. The second kappa shape index (κ2) is 21.6. The molecule has 198 valence electrons. The molecule has 0 unspecified atom stereocenters. The second-order valence-electron chi connectivity index (χ2n) is 9.61. The summed E-state index contributed by atoms with van der Waals surface area (Å²) >= 11 is 0. The van der Waals surface area contributed by atoms with Crippen molar-refractivity contribution in [3.63, 3.8) is 0 Å². The van der Waals surface area contributed by atoms with Gasteiger partial charge in [0.2, 0.25) is 0 Å². The first-order valence-electron chi connectivity index (χ1n) is 13.5. The molecule has 0 heterocycles. The number of nitrogens with zero attached hydrogens (tertiary/aromatic N) is 1. The Kier molecular flexibility index (Phi) is 20.4. The zero-order valence-corrected chi connectivity index (χ0v) is 21.5. The van der Waals surface area contributed by atoms with Gasteiger partial charge in [-0.3, -0.25) is 14.4 Å². The van der Waals surface area contributed by atoms with Crippen molar-refractivity contribution in [2.45, 2.75) is 116 Å². The van der Waals surface area contributed by atoms with Gasteiger partial charge in [0, 0.05) is 19.3 Å². The molecule has 0 aliphatic heterocycles. The van der Waals surface area contributed by atoms with Crippen LogP contribution in [0.1, 0.15) is 116 Å². The molecule has 7 heteroatoms. The fraction of sp³-hybridized carbons (Fsp3) is 0.815. The van der Waals surface area contributed by atoms with E-state index in [4.69, 9.17) is 15.3 Å². The lowest BCUT2D eigenvalue weighted by molar-refractivity contribution is -0.929. The largest absolute Gasteiger partial charge is 0.481 e. The van der Waals surface area contributed by atoms with Gasteiger partial charge in [-0.2, -0.15) is 0 Å². The average molecular weight is 485 g/mol. The van der Waals surface area contributed by atoms with E-state index >= 15 is 0 Å². The van der Waals surface area contributed by atoms with Crippen LogP contribution in [0.5, 0.6) is 0 Å². The highest BCUT2D eigenvalue weighted by atomic mass is 16.4. The van der Waals surface area contributed by atoms with Gasteiger partial charge in [0.15, 0.2) is 0 Å². The lowest BCUT2D eigenvalue weighted by Crippen LogP contribution is -2.51. The number of carboxylic acid groups (broad SMARTS) is 3. The van der Waals surface area contributed by atoms with Crippen molar-refractivity contribution < 1.29 is 34.2 Å². The first kappa shape index (κ1) is 32.1. The number of unbranched alkanes of at least 4 members (excludes halogenated alkanes) is 9. The smallest absolute Gasteiger partial charge is 0.303 e. The van der Waals surface area contributed by atoms with Gasteiger partial charge >= 0.3 is 17.9 Å². The summed E-state index contributed by atoms with van der Waals surface area (Å²) in [6.45, 7) is 5.03. The lowest BCUT2D eigenvalue weighted by Gasteiger charge is -2.39. The third-order valence-electron chi connectivity index (χ3n) is 6.46. The molecule has 0 saturated carbocycles. The Morgan fingerprint density at radius 3 is 1.29 bits per heavy atom. The van der Waals surface area contributed by atoms with Crippen molar-refractivity contribution in [3.8, 4) is 0 Å². The molecule has 0 aromatic rings. The Morgan fingerprint density at radius 1 is 0.529 bits per heavy atom. The quantitative estimate of drug-likeness (QED) is 0.0800. The zero-order chi connectivity index (χ0) is 25.5. The standard InChI is InChI=1S/C27H49NO6/c1-2-3-4-5-6-7-8-9-10-11-12-13-14-21-28(22-15-18-25(29)30,23-16-19-26(31)32)24-17-20-27(33)34/h10-11H,2-9,12-24H2,1H3,(H2-,29,30,31,32,33,34)/p+1/b11-10+. The number of carbonyl (C=O) groups is 3. The van der Waals surface area contributed by atoms with Crippen LogP contribution in [0.15, 0.2) is 12.2 Å². The minimum absolute atomic E-state index is 0.0825.